The molecule has 5 nitrogen and oxygen atoms in total. The summed E-state index contributed by atoms with van der Waals surface area (Å²) in [7, 11) is 1.52. The summed E-state index contributed by atoms with van der Waals surface area (Å²) in [6.07, 6.45) is 0. The van der Waals surface area contributed by atoms with Crippen LogP contribution in [0.15, 0.2) is 88.3 Å². The van der Waals surface area contributed by atoms with Gasteiger partial charge in [0.15, 0.2) is 0 Å². The summed E-state index contributed by atoms with van der Waals surface area (Å²) in [6, 6.07) is 22.5. The topological polar surface area (TPSA) is 58.6 Å². The lowest BCUT2D eigenvalue weighted by atomic mass is 10.2. The van der Waals surface area contributed by atoms with Gasteiger partial charge in [-0.1, -0.05) is 59.8 Å². The van der Waals surface area contributed by atoms with E-state index in [2.05, 4.69) is 5.32 Å². The Morgan fingerprint density at radius 3 is 2.23 bits per heavy atom. The Morgan fingerprint density at radius 2 is 1.52 bits per heavy atom. The van der Waals surface area contributed by atoms with Crippen LogP contribution in [0.4, 0.5) is 11.4 Å². The van der Waals surface area contributed by atoms with E-state index in [4.69, 9.17) is 4.74 Å². The van der Waals surface area contributed by atoms with Gasteiger partial charge in [-0.15, -0.1) is 0 Å². The Bertz CT molecular complexity index is 1190. The van der Waals surface area contributed by atoms with Crippen LogP contribution in [-0.2, 0) is 9.59 Å². The van der Waals surface area contributed by atoms with Crippen molar-refractivity contribution in [2.75, 3.05) is 17.3 Å². The number of anilines is 2. The molecule has 156 valence electrons. The molecule has 4 rings (SSSR count). The monoisotopic (exact) mass is 430 g/mol. The number of imide groups is 1. The number of rotatable bonds is 6. The molecule has 0 spiro atoms. The number of para-hydroxylation sites is 3. The van der Waals surface area contributed by atoms with Gasteiger partial charge in [0.1, 0.15) is 16.4 Å². The second-order valence-electron chi connectivity index (χ2n) is 7.18. The van der Waals surface area contributed by atoms with Crippen molar-refractivity contribution in [1.82, 2.24) is 0 Å². The fourth-order valence-electron chi connectivity index (χ4n) is 3.32. The molecule has 0 unspecified atom stereocenters. The number of hydrogen-bond donors (Lipinski definition) is 1. The van der Waals surface area contributed by atoms with Crippen LogP contribution < -0.4 is 15.0 Å². The highest BCUT2D eigenvalue weighted by Gasteiger charge is 2.41. The van der Waals surface area contributed by atoms with Gasteiger partial charge in [-0.05, 0) is 49.7 Å². The molecule has 3 aromatic rings. The summed E-state index contributed by atoms with van der Waals surface area (Å²) < 4.78 is 5.40. The van der Waals surface area contributed by atoms with E-state index in [1.807, 2.05) is 62.4 Å². The van der Waals surface area contributed by atoms with Crippen molar-refractivity contribution in [3.63, 3.8) is 0 Å². The molecular formula is C25H22N2O3S. The second kappa shape index (κ2) is 8.70. The molecule has 3 aromatic carbocycles. The minimum absolute atomic E-state index is 0.260. The largest absolute Gasteiger partial charge is 0.495 e. The molecule has 0 radical (unpaired) electrons. The summed E-state index contributed by atoms with van der Waals surface area (Å²) in [4.78, 5) is 29.4. The standard InChI is InChI=1S/C25H22N2O3S/c1-16-12-14-18(15-13-16)31-23-22(26-19-9-5-4-8-17(19)2)24(28)27(25(23)29)20-10-6-7-11-21(20)30-3/h4-15,26H,1-3H3. The van der Waals surface area contributed by atoms with Gasteiger partial charge >= 0.3 is 0 Å². The average Bonchev–Trinajstić information content (AvgIpc) is 3.00. The predicted octanol–water partition coefficient (Wildman–Crippen LogP) is 5.30. The van der Waals surface area contributed by atoms with Gasteiger partial charge in [-0.25, -0.2) is 4.90 Å². The van der Waals surface area contributed by atoms with Crippen LogP contribution in [0.25, 0.3) is 0 Å². The van der Waals surface area contributed by atoms with Crippen LogP contribution in [-0.4, -0.2) is 18.9 Å². The Hall–Kier alpha value is -3.51. The molecule has 0 saturated carbocycles. The zero-order valence-electron chi connectivity index (χ0n) is 17.5. The van der Waals surface area contributed by atoms with Crippen LogP contribution in [0.2, 0.25) is 0 Å². The zero-order valence-corrected chi connectivity index (χ0v) is 18.3. The summed E-state index contributed by atoms with van der Waals surface area (Å²) >= 11 is 1.28. The smallest absolute Gasteiger partial charge is 0.283 e. The SMILES string of the molecule is COc1ccccc1N1C(=O)C(Nc2ccccc2C)=C(Sc2ccc(C)cc2)C1=O. The Kier molecular flexibility index (Phi) is 5.82. The molecule has 0 saturated heterocycles. The number of benzene rings is 3. The minimum atomic E-state index is -0.410. The minimum Gasteiger partial charge on any atom is -0.495 e. The van der Waals surface area contributed by atoms with Crippen LogP contribution >= 0.6 is 11.8 Å². The average molecular weight is 431 g/mol. The number of nitrogens with zero attached hydrogens (tertiary/aromatic N) is 1. The fourth-order valence-corrected chi connectivity index (χ4v) is 4.25. The van der Waals surface area contributed by atoms with E-state index in [0.717, 1.165) is 21.7 Å². The Labute approximate surface area is 185 Å². The third kappa shape index (κ3) is 4.07. The predicted molar refractivity (Wildman–Crippen MR) is 124 cm³/mol. The Morgan fingerprint density at radius 1 is 0.839 bits per heavy atom. The summed E-state index contributed by atoms with van der Waals surface area (Å²) in [5, 5.41) is 3.21. The first kappa shape index (κ1) is 20.8. The number of methoxy groups -OCH3 is 1. The molecule has 1 aliphatic rings. The number of thioether (sulfide) groups is 1. The summed E-state index contributed by atoms with van der Waals surface area (Å²) in [6.45, 7) is 3.96. The second-order valence-corrected chi connectivity index (χ2v) is 8.26. The molecule has 0 aromatic heterocycles. The lowest BCUT2D eigenvalue weighted by Crippen LogP contribution is -2.32. The normalized spacial score (nSPS) is 13.7. The third-order valence-corrected chi connectivity index (χ3v) is 6.10. The molecule has 0 fully saturated rings. The number of carbonyl (C=O) groups excluding carboxylic acids is 2. The molecule has 1 aliphatic heterocycles. The maximum Gasteiger partial charge on any atom is 0.283 e. The van der Waals surface area contributed by atoms with E-state index < -0.39 is 5.91 Å². The van der Waals surface area contributed by atoms with Crippen LogP contribution in [0, 0.1) is 13.8 Å². The number of nitrogens with one attached hydrogen (secondary N) is 1. The zero-order chi connectivity index (χ0) is 22.0. The van der Waals surface area contributed by atoms with E-state index in [1.54, 1.807) is 24.3 Å². The maximum absolute atomic E-state index is 13.5. The van der Waals surface area contributed by atoms with E-state index >= 15 is 0 Å². The first-order chi connectivity index (χ1) is 15.0. The Balaban J connectivity index is 1.78. The highest BCUT2D eigenvalue weighted by molar-refractivity contribution is 8.04. The van der Waals surface area contributed by atoms with Gasteiger partial charge in [0.25, 0.3) is 11.8 Å². The van der Waals surface area contributed by atoms with Crippen molar-refractivity contribution >= 4 is 35.0 Å². The fraction of sp³-hybridized carbons (Fsp3) is 0.120. The number of aryl methyl sites for hydroxylation is 2. The molecule has 1 N–H and O–H groups in total. The van der Waals surface area contributed by atoms with Crippen molar-refractivity contribution in [2.24, 2.45) is 0 Å². The van der Waals surface area contributed by atoms with Crippen molar-refractivity contribution < 1.29 is 14.3 Å². The molecular weight excluding hydrogens is 408 g/mol. The summed E-state index contributed by atoms with van der Waals surface area (Å²) in [5.74, 6) is -0.329. The lowest BCUT2D eigenvalue weighted by molar-refractivity contribution is -0.120. The molecule has 1 heterocycles. The quantitative estimate of drug-likeness (QED) is 0.538. The van der Waals surface area contributed by atoms with Gasteiger partial charge in [-0.3, -0.25) is 9.59 Å². The van der Waals surface area contributed by atoms with Crippen LogP contribution in [0.3, 0.4) is 0 Å². The highest BCUT2D eigenvalue weighted by atomic mass is 32.2. The van der Waals surface area contributed by atoms with Crippen LogP contribution in [0.5, 0.6) is 5.75 Å². The van der Waals surface area contributed by atoms with Gasteiger partial charge in [0.05, 0.1) is 12.8 Å². The first-order valence-corrected chi connectivity index (χ1v) is 10.6. The molecule has 0 atom stereocenters. The molecule has 2 amide bonds. The number of amides is 2. The van der Waals surface area contributed by atoms with Crippen molar-refractivity contribution in [1.29, 1.82) is 0 Å². The molecule has 0 bridgehead atoms. The number of carbonyl (C=O) groups is 2. The first-order valence-electron chi connectivity index (χ1n) is 9.83. The molecule has 31 heavy (non-hydrogen) atoms. The van der Waals surface area contributed by atoms with Gasteiger partial charge < -0.3 is 10.1 Å². The van der Waals surface area contributed by atoms with Crippen molar-refractivity contribution in [3.05, 3.63) is 94.5 Å². The number of ether oxygens (including phenoxy) is 1. The van der Waals surface area contributed by atoms with Gasteiger partial charge in [0, 0.05) is 10.6 Å². The van der Waals surface area contributed by atoms with Crippen LogP contribution in [0.1, 0.15) is 11.1 Å². The van der Waals surface area contributed by atoms with E-state index in [1.165, 1.54) is 23.8 Å². The maximum atomic E-state index is 13.5. The van der Waals surface area contributed by atoms with E-state index in [9.17, 15) is 9.59 Å². The lowest BCUT2D eigenvalue weighted by Gasteiger charge is -2.18. The molecule has 6 heteroatoms. The third-order valence-electron chi connectivity index (χ3n) is 5.01. The highest BCUT2D eigenvalue weighted by Crippen LogP contribution is 2.40. The number of hydrogen-bond acceptors (Lipinski definition) is 5. The van der Waals surface area contributed by atoms with Crippen molar-refractivity contribution in [2.45, 2.75) is 18.7 Å². The molecule has 0 aliphatic carbocycles. The van der Waals surface area contributed by atoms with E-state index in [0.29, 0.717) is 16.3 Å². The van der Waals surface area contributed by atoms with E-state index in [-0.39, 0.29) is 11.6 Å². The van der Waals surface area contributed by atoms with Gasteiger partial charge in [0.2, 0.25) is 0 Å². The summed E-state index contributed by atoms with van der Waals surface area (Å²) in [5.41, 5.74) is 3.56. The van der Waals surface area contributed by atoms with Crippen molar-refractivity contribution in [3.8, 4) is 5.75 Å². The van der Waals surface area contributed by atoms with Gasteiger partial charge in [-0.2, -0.15) is 0 Å².